The molecule has 26 heavy (non-hydrogen) atoms. The van der Waals surface area contributed by atoms with E-state index in [1.165, 1.54) is 6.26 Å². The number of benzene rings is 1. The highest BCUT2D eigenvalue weighted by atomic mass is 32.2. The predicted molar refractivity (Wildman–Crippen MR) is 98.0 cm³/mol. The Bertz CT molecular complexity index is 892. The Morgan fingerprint density at radius 2 is 1.81 bits per heavy atom. The van der Waals surface area contributed by atoms with Gasteiger partial charge in [0.1, 0.15) is 5.76 Å². The molecular formula is C18H19N3O4S. The molecule has 3 rings (SSSR count). The molecule has 2 heterocycles. The van der Waals surface area contributed by atoms with Gasteiger partial charge in [-0.25, -0.2) is 9.19 Å². The van der Waals surface area contributed by atoms with Crippen molar-refractivity contribution < 1.29 is 17.5 Å². The van der Waals surface area contributed by atoms with Crippen molar-refractivity contribution in [3.05, 3.63) is 47.9 Å². The summed E-state index contributed by atoms with van der Waals surface area (Å²) in [4.78, 5) is 4.51. The smallest absolute Gasteiger partial charge is 0.233 e. The van der Waals surface area contributed by atoms with Crippen LogP contribution in [0.5, 0.6) is 5.88 Å². The maximum absolute atomic E-state index is 11.0. The van der Waals surface area contributed by atoms with E-state index in [0.717, 1.165) is 28.3 Å². The first kappa shape index (κ1) is 18.2. The summed E-state index contributed by atoms with van der Waals surface area (Å²) in [6.07, 6.45) is 2.05. The summed E-state index contributed by atoms with van der Waals surface area (Å²) in [5.41, 5.74) is 3.36. The standard InChI is InChI=1S/C18H19N3O4S/c1-12-15(10-11-24-26(3)22)19-18(25-12)14-6-4-13(5-7-14)16-8-9-17(23-2)21-20-16/h4-9H,10-11H2,1-3H3. The molecule has 8 heteroatoms. The molecule has 0 saturated heterocycles. The summed E-state index contributed by atoms with van der Waals surface area (Å²) in [5, 5.41) is 8.11. The minimum atomic E-state index is -1.28. The van der Waals surface area contributed by atoms with E-state index in [4.69, 9.17) is 13.3 Å². The lowest BCUT2D eigenvalue weighted by Gasteiger charge is -2.02. The molecule has 7 nitrogen and oxygen atoms in total. The zero-order valence-electron chi connectivity index (χ0n) is 14.8. The average molecular weight is 373 g/mol. The average Bonchev–Trinajstić information content (AvgIpc) is 3.02. The first-order valence-corrected chi connectivity index (χ1v) is 9.46. The van der Waals surface area contributed by atoms with Crippen molar-refractivity contribution >= 4 is 11.1 Å². The van der Waals surface area contributed by atoms with Crippen molar-refractivity contribution in [2.45, 2.75) is 13.3 Å². The van der Waals surface area contributed by atoms with Crippen LogP contribution in [0.3, 0.4) is 0 Å². The highest BCUT2D eigenvalue weighted by Gasteiger charge is 2.12. The molecular weight excluding hydrogens is 354 g/mol. The topological polar surface area (TPSA) is 87.3 Å². The molecule has 1 aromatic carbocycles. The molecule has 2 aromatic heterocycles. The van der Waals surface area contributed by atoms with Crippen LogP contribution in [-0.2, 0) is 21.7 Å². The third-order valence-electron chi connectivity index (χ3n) is 3.76. The molecule has 1 unspecified atom stereocenters. The van der Waals surface area contributed by atoms with Crippen LogP contribution >= 0.6 is 0 Å². The van der Waals surface area contributed by atoms with Crippen LogP contribution in [0, 0.1) is 6.92 Å². The van der Waals surface area contributed by atoms with Crippen molar-refractivity contribution in [3.8, 4) is 28.6 Å². The number of rotatable bonds is 7. The molecule has 0 bridgehead atoms. The van der Waals surface area contributed by atoms with Gasteiger partial charge in [0.25, 0.3) is 0 Å². The van der Waals surface area contributed by atoms with E-state index in [1.54, 1.807) is 13.2 Å². The number of aromatic nitrogens is 3. The zero-order valence-corrected chi connectivity index (χ0v) is 15.6. The van der Waals surface area contributed by atoms with Crippen LogP contribution in [0.25, 0.3) is 22.7 Å². The van der Waals surface area contributed by atoms with Crippen LogP contribution in [0.1, 0.15) is 11.5 Å². The zero-order chi connectivity index (χ0) is 18.5. The van der Waals surface area contributed by atoms with Gasteiger partial charge in [-0.2, -0.15) is 0 Å². The predicted octanol–water partition coefficient (Wildman–Crippen LogP) is 2.97. The quantitative estimate of drug-likeness (QED) is 0.629. The van der Waals surface area contributed by atoms with E-state index in [9.17, 15) is 4.21 Å². The van der Waals surface area contributed by atoms with Gasteiger partial charge in [-0.15, -0.1) is 10.2 Å². The lowest BCUT2D eigenvalue weighted by molar-refractivity contribution is 0.352. The molecule has 0 N–H and O–H groups in total. The van der Waals surface area contributed by atoms with Crippen molar-refractivity contribution in [1.29, 1.82) is 0 Å². The van der Waals surface area contributed by atoms with Gasteiger partial charge in [-0.3, -0.25) is 4.18 Å². The summed E-state index contributed by atoms with van der Waals surface area (Å²) in [6.45, 7) is 2.20. The fourth-order valence-electron chi connectivity index (χ4n) is 2.41. The van der Waals surface area contributed by atoms with Crippen molar-refractivity contribution in [2.75, 3.05) is 20.0 Å². The van der Waals surface area contributed by atoms with Gasteiger partial charge >= 0.3 is 0 Å². The number of hydrogen-bond acceptors (Lipinski definition) is 7. The van der Waals surface area contributed by atoms with Gasteiger partial charge in [0.05, 0.1) is 25.1 Å². The molecule has 0 amide bonds. The Balaban J connectivity index is 1.74. The summed E-state index contributed by atoms with van der Waals surface area (Å²) in [7, 11) is 1.55. The van der Waals surface area contributed by atoms with Crippen molar-refractivity contribution in [1.82, 2.24) is 15.2 Å². The number of aryl methyl sites for hydroxylation is 1. The molecule has 0 radical (unpaired) electrons. The number of methoxy groups -OCH3 is 1. The third-order valence-corrected chi connectivity index (χ3v) is 4.26. The van der Waals surface area contributed by atoms with Crippen molar-refractivity contribution in [3.63, 3.8) is 0 Å². The summed E-state index contributed by atoms with van der Waals surface area (Å²) in [5.74, 6) is 1.75. The fourth-order valence-corrected chi connectivity index (χ4v) is 2.72. The summed E-state index contributed by atoms with van der Waals surface area (Å²) in [6, 6.07) is 11.3. The Hall–Kier alpha value is -2.58. The second-order valence-electron chi connectivity index (χ2n) is 5.53. The maximum atomic E-state index is 11.0. The van der Waals surface area contributed by atoms with Gasteiger partial charge in [0.2, 0.25) is 11.8 Å². The monoisotopic (exact) mass is 373 g/mol. The van der Waals surface area contributed by atoms with E-state index in [2.05, 4.69) is 15.2 Å². The van der Waals surface area contributed by atoms with Crippen LogP contribution in [0.4, 0.5) is 0 Å². The van der Waals surface area contributed by atoms with Crippen LogP contribution in [-0.4, -0.2) is 39.4 Å². The largest absolute Gasteiger partial charge is 0.480 e. The van der Waals surface area contributed by atoms with E-state index in [0.29, 0.717) is 24.8 Å². The van der Waals surface area contributed by atoms with Gasteiger partial charge < -0.3 is 9.15 Å². The number of hydrogen-bond donors (Lipinski definition) is 0. The van der Waals surface area contributed by atoms with Crippen molar-refractivity contribution in [2.24, 2.45) is 0 Å². The van der Waals surface area contributed by atoms with Gasteiger partial charge in [-0.1, -0.05) is 12.1 Å². The molecule has 0 aliphatic heterocycles. The number of nitrogens with zero attached hydrogens (tertiary/aromatic N) is 3. The summed E-state index contributed by atoms with van der Waals surface area (Å²) >= 11 is -1.28. The Morgan fingerprint density at radius 1 is 1.08 bits per heavy atom. The third kappa shape index (κ3) is 4.33. The Labute approximate surface area is 154 Å². The van der Waals surface area contributed by atoms with Gasteiger partial charge in [-0.05, 0) is 25.1 Å². The van der Waals surface area contributed by atoms with Crippen LogP contribution < -0.4 is 4.74 Å². The van der Waals surface area contributed by atoms with E-state index < -0.39 is 11.1 Å². The minimum absolute atomic E-state index is 0.338. The van der Waals surface area contributed by atoms with Gasteiger partial charge in [0.15, 0.2) is 11.1 Å². The van der Waals surface area contributed by atoms with E-state index in [-0.39, 0.29) is 0 Å². The first-order chi connectivity index (χ1) is 12.6. The molecule has 0 saturated carbocycles. The molecule has 0 spiro atoms. The second-order valence-corrected chi connectivity index (χ2v) is 6.57. The fraction of sp³-hybridized carbons (Fsp3) is 0.278. The molecule has 0 aliphatic carbocycles. The molecule has 0 aliphatic rings. The highest BCUT2D eigenvalue weighted by molar-refractivity contribution is 7.79. The van der Waals surface area contributed by atoms with Crippen LogP contribution in [0.15, 0.2) is 40.8 Å². The Morgan fingerprint density at radius 3 is 2.42 bits per heavy atom. The minimum Gasteiger partial charge on any atom is -0.480 e. The highest BCUT2D eigenvalue weighted by Crippen LogP contribution is 2.25. The lowest BCUT2D eigenvalue weighted by atomic mass is 10.1. The molecule has 1 atom stereocenters. The van der Waals surface area contributed by atoms with E-state index >= 15 is 0 Å². The molecule has 136 valence electrons. The molecule has 0 fully saturated rings. The first-order valence-electron chi connectivity index (χ1n) is 7.98. The Kier molecular flexibility index (Phi) is 5.75. The van der Waals surface area contributed by atoms with Gasteiger partial charge in [0, 0.05) is 29.9 Å². The number of ether oxygens (including phenoxy) is 1. The summed E-state index contributed by atoms with van der Waals surface area (Å²) < 4.78 is 26.8. The lowest BCUT2D eigenvalue weighted by Crippen LogP contribution is -2.01. The van der Waals surface area contributed by atoms with Crippen LogP contribution in [0.2, 0.25) is 0 Å². The normalized spacial score (nSPS) is 12.1. The van der Waals surface area contributed by atoms with E-state index in [1.807, 2.05) is 37.3 Å². The number of oxazole rings is 1. The SMILES string of the molecule is COc1ccc(-c2ccc(-c3nc(CCOS(C)=O)c(C)o3)cc2)nn1. The molecule has 3 aromatic rings. The maximum Gasteiger partial charge on any atom is 0.233 e. The second kappa shape index (κ2) is 8.20.